The number of rotatable bonds is 1. The van der Waals surface area contributed by atoms with Crippen LogP contribution in [0.2, 0.25) is 0 Å². The molecule has 2 aromatic carbocycles. The van der Waals surface area contributed by atoms with Gasteiger partial charge in [0.15, 0.2) is 0 Å². The van der Waals surface area contributed by atoms with Gasteiger partial charge in [-0.05, 0) is 54.7 Å². The minimum absolute atomic E-state index is 0.0916. The number of methoxy groups -OCH3 is 1. The van der Waals surface area contributed by atoms with Crippen LogP contribution in [-0.2, 0) is 6.42 Å². The number of aryl methyl sites for hydroxylation is 2. The molecule has 3 heteroatoms. The van der Waals surface area contributed by atoms with E-state index in [0.717, 1.165) is 30.0 Å². The van der Waals surface area contributed by atoms with Crippen LogP contribution in [0.3, 0.4) is 0 Å². The highest BCUT2D eigenvalue weighted by Gasteiger charge is 2.35. The van der Waals surface area contributed by atoms with Crippen molar-refractivity contribution in [1.82, 2.24) is 0 Å². The Balaban J connectivity index is 1.75. The third-order valence-corrected chi connectivity index (χ3v) is 4.57. The quantitative estimate of drug-likeness (QED) is 0.861. The number of para-hydroxylation sites is 1. The molecule has 0 aromatic heterocycles. The van der Waals surface area contributed by atoms with Crippen LogP contribution in [0.25, 0.3) is 0 Å². The Morgan fingerprint density at radius 1 is 1.24 bits per heavy atom. The number of hydrogen-bond donors (Lipinski definition) is 1. The predicted octanol–water partition coefficient (Wildman–Crippen LogP) is 3.86. The fraction of sp³-hybridized carbons (Fsp3) is 0.333. The fourth-order valence-electron chi connectivity index (χ4n) is 3.42. The first-order valence-electron chi connectivity index (χ1n) is 7.46. The van der Waals surface area contributed by atoms with Gasteiger partial charge in [-0.3, -0.25) is 0 Å². The number of fused-ring (bicyclic) bond motifs is 4. The van der Waals surface area contributed by atoms with Gasteiger partial charge in [0.25, 0.3) is 0 Å². The van der Waals surface area contributed by atoms with Gasteiger partial charge in [-0.25, -0.2) is 0 Å². The summed E-state index contributed by atoms with van der Waals surface area (Å²) in [4.78, 5) is 0. The summed E-state index contributed by atoms with van der Waals surface area (Å²) < 4.78 is 11.6. The van der Waals surface area contributed by atoms with Gasteiger partial charge in [-0.15, -0.1) is 0 Å². The van der Waals surface area contributed by atoms with Gasteiger partial charge in [0, 0.05) is 0 Å². The second-order valence-electron chi connectivity index (χ2n) is 5.84. The monoisotopic (exact) mass is 281 g/mol. The van der Waals surface area contributed by atoms with Gasteiger partial charge >= 0.3 is 0 Å². The molecule has 1 N–H and O–H groups in total. The van der Waals surface area contributed by atoms with Crippen LogP contribution < -0.4 is 14.8 Å². The molecule has 4 rings (SSSR count). The summed E-state index contributed by atoms with van der Waals surface area (Å²) in [6.45, 7) is 2.12. The lowest BCUT2D eigenvalue weighted by Gasteiger charge is -2.40. The molecule has 3 nitrogen and oxygen atoms in total. The molecular weight excluding hydrogens is 262 g/mol. The van der Waals surface area contributed by atoms with Crippen LogP contribution >= 0.6 is 0 Å². The first-order chi connectivity index (χ1) is 10.3. The maximum absolute atomic E-state index is 6.31. The van der Waals surface area contributed by atoms with E-state index < -0.39 is 0 Å². The third kappa shape index (κ3) is 1.96. The topological polar surface area (TPSA) is 30.5 Å². The van der Waals surface area contributed by atoms with Gasteiger partial charge in [-0.1, -0.05) is 18.2 Å². The molecule has 0 amide bonds. The highest BCUT2D eigenvalue weighted by molar-refractivity contribution is 5.64. The molecular formula is C18H19NO2. The van der Waals surface area contributed by atoms with E-state index in [4.69, 9.17) is 9.47 Å². The molecule has 0 bridgehead atoms. The van der Waals surface area contributed by atoms with E-state index >= 15 is 0 Å². The molecule has 2 unspecified atom stereocenters. The van der Waals surface area contributed by atoms with Crippen LogP contribution in [0.5, 0.6) is 11.5 Å². The Kier molecular flexibility index (Phi) is 2.81. The lowest BCUT2D eigenvalue weighted by atomic mass is 9.84. The van der Waals surface area contributed by atoms with Crippen molar-refractivity contribution in [3.05, 3.63) is 53.1 Å². The number of ether oxygens (including phenoxy) is 2. The summed E-state index contributed by atoms with van der Waals surface area (Å²) in [5, 5.41) is 3.68. The number of nitrogens with one attached hydrogen (secondary N) is 1. The molecule has 2 aliphatic rings. The normalized spacial score (nSPS) is 22.2. The van der Waals surface area contributed by atoms with Crippen LogP contribution in [0.4, 0.5) is 5.69 Å². The number of hydrogen-bond acceptors (Lipinski definition) is 3. The standard InChI is InChI=1S/C18H19NO2/c1-11-4-3-5-16-17(11)19-15-9-6-12-10-13(20-2)7-8-14(12)18(15)21-16/h3-5,7-8,10,15,18-19H,6,9H2,1-2H3. The van der Waals surface area contributed by atoms with E-state index in [1.807, 2.05) is 18.2 Å². The first-order valence-corrected chi connectivity index (χ1v) is 7.46. The van der Waals surface area contributed by atoms with Gasteiger partial charge in [-0.2, -0.15) is 0 Å². The fourth-order valence-corrected chi connectivity index (χ4v) is 3.42. The molecule has 2 atom stereocenters. The van der Waals surface area contributed by atoms with Crippen molar-refractivity contribution >= 4 is 5.69 Å². The van der Waals surface area contributed by atoms with E-state index in [2.05, 4.69) is 30.4 Å². The molecule has 1 aliphatic heterocycles. The second kappa shape index (κ2) is 4.69. The minimum atomic E-state index is 0.0916. The van der Waals surface area contributed by atoms with Crippen molar-refractivity contribution in [3.8, 4) is 11.5 Å². The Labute approximate surface area is 124 Å². The van der Waals surface area contributed by atoms with Crippen molar-refractivity contribution in [2.75, 3.05) is 12.4 Å². The van der Waals surface area contributed by atoms with Crippen LogP contribution in [-0.4, -0.2) is 13.2 Å². The summed E-state index contributed by atoms with van der Waals surface area (Å²) in [5.74, 6) is 1.88. The van der Waals surface area contributed by atoms with Gasteiger partial charge in [0.1, 0.15) is 17.6 Å². The number of anilines is 1. The lowest BCUT2D eigenvalue weighted by Crippen LogP contribution is -2.39. The Morgan fingerprint density at radius 3 is 3.00 bits per heavy atom. The maximum atomic E-state index is 6.31. The summed E-state index contributed by atoms with van der Waals surface area (Å²) >= 11 is 0. The zero-order chi connectivity index (χ0) is 14.4. The average molecular weight is 281 g/mol. The van der Waals surface area contributed by atoms with Crippen molar-refractivity contribution in [2.45, 2.75) is 31.9 Å². The van der Waals surface area contributed by atoms with Crippen LogP contribution in [0.1, 0.15) is 29.2 Å². The van der Waals surface area contributed by atoms with Gasteiger partial charge in [0.05, 0.1) is 18.8 Å². The second-order valence-corrected chi connectivity index (χ2v) is 5.84. The lowest BCUT2D eigenvalue weighted by molar-refractivity contribution is 0.157. The zero-order valence-electron chi connectivity index (χ0n) is 12.3. The molecule has 2 aromatic rings. The molecule has 0 radical (unpaired) electrons. The first kappa shape index (κ1) is 12.6. The molecule has 0 saturated heterocycles. The summed E-state index contributed by atoms with van der Waals surface area (Å²) in [6.07, 6.45) is 2.23. The SMILES string of the molecule is COc1ccc2c(c1)CCC1Nc3c(C)cccc3OC21. The summed E-state index contributed by atoms with van der Waals surface area (Å²) in [7, 11) is 1.71. The van der Waals surface area contributed by atoms with Crippen molar-refractivity contribution < 1.29 is 9.47 Å². The molecule has 0 fully saturated rings. The number of benzene rings is 2. The Morgan fingerprint density at radius 2 is 2.14 bits per heavy atom. The average Bonchev–Trinajstić information content (AvgIpc) is 2.53. The summed E-state index contributed by atoms with van der Waals surface area (Å²) in [5.41, 5.74) is 5.02. The molecule has 0 saturated carbocycles. The molecule has 21 heavy (non-hydrogen) atoms. The predicted molar refractivity (Wildman–Crippen MR) is 83.3 cm³/mol. The summed E-state index contributed by atoms with van der Waals surface area (Å²) in [6, 6.07) is 12.9. The maximum Gasteiger partial charge on any atom is 0.144 e. The Hall–Kier alpha value is -2.16. The van der Waals surface area contributed by atoms with E-state index in [1.165, 1.54) is 16.7 Å². The third-order valence-electron chi connectivity index (χ3n) is 4.57. The van der Waals surface area contributed by atoms with Crippen molar-refractivity contribution in [3.63, 3.8) is 0 Å². The van der Waals surface area contributed by atoms with Crippen LogP contribution in [0.15, 0.2) is 36.4 Å². The largest absolute Gasteiger partial charge is 0.497 e. The van der Waals surface area contributed by atoms with E-state index in [0.29, 0.717) is 6.04 Å². The van der Waals surface area contributed by atoms with Gasteiger partial charge in [0.2, 0.25) is 0 Å². The minimum Gasteiger partial charge on any atom is -0.497 e. The van der Waals surface area contributed by atoms with Crippen molar-refractivity contribution in [2.24, 2.45) is 0 Å². The highest BCUT2D eigenvalue weighted by atomic mass is 16.5. The molecule has 1 aliphatic carbocycles. The van der Waals surface area contributed by atoms with E-state index in [9.17, 15) is 0 Å². The Bertz CT molecular complexity index is 696. The smallest absolute Gasteiger partial charge is 0.144 e. The van der Waals surface area contributed by atoms with Gasteiger partial charge < -0.3 is 14.8 Å². The van der Waals surface area contributed by atoms with Crippen molar-refractivity contribution in [1.29, 1.82) is 0 Å². The zero-order valence-corrected chi connectivity index (χ0v) is 12.3. The highest BCUT2D eigenvalue weighted by Crippen LogP contribution is 2.44. The van der Waals surface area contributed by atoms with E-state index in [1.54, 1.807) is 7.11 Å². The molecule has 108 valence electrons. The molecule has 0 spiro atoms. The van der Waals surface area contributed by atoms with Crippen LogP contribution in [0, 0.1) is 6.92 Å². The molecule has 1 heterocycles. The van der Waals surface area contributed by atoms with E-state index in [-0.39, 0.29) is 6.10 Å².